The van der Waals surface area contributed by atoms with Crippen LogP contribution in [0.25, 0.3) is 10.8 Å². The Labute approximate surface area is 163 Å². The number of rotatable bonds is 9. The summed E-state index contributed by atoms with van der Waals surface area (Å²) in [6.07, 6.45) is 0.199. The molecule has 0 bridgehead atoms. The minimum atomic E-state index is -4.66. The number of carbonyl (C=O) groups excluding carboxylic acids is 1. The van der Waals surface area contributed by atoms with Gasteiger partial charge in [-0.05, 0) is 28.7 Å². The fourth-order valence-electron chi connectivity index (χ4n) is 3.06. The third-order valence-corrected chi connectivity index (χ3v) is 4.91. The van der Waals surface area contributed by atoms with Crippen LogP contribution < -0.4 is 10.4 Å². The number of carboxylic acid groups (broad SMARTS) is 1. The Bertz CT molecular complexity index is 890. The molecule has 152 valence electrons. The summed E-state index contributed by atoms with van der Waals surface area (Å²) in [6, 6.07) is 10.6. The lowest BCUT2D eigenvalue weighted by Gasteiger charge is -2.23. The largest absolute Gasteiger partial charge is 0.480 e. The lowest BCUT2D eigenvalue weighted by molar-refractivity contribution is -0.142. The first-order valence-corrected chi connectivity index (χ1v) is 10.5. The van der Waals surface area contributed by atoms with Crippen molar-refractivity contribution in [2.24, 2.45) is 5.92 Å². The predicted octanol–water partition coefficient (Wildman–Crippen LogP) is 2.05. The molecule has 2 atom stereocenters. The minimum absolute atomic E-state index is 0.0313. The fraction of sp³-hybridized carbons (Fsp3) is 0.368. The van der Waals surface area contributed by atoms with Crippen LogP contribution in [0.15, 0.2) is 42.5 Å². The topological polar surface area (TPSA) is 136 Å². The van der Waals surface area contributed by atoms with E-state index >= 15 is 0 Å². The Balaban J connectivity index is 2.22. The Morgan fingerprint density at radius 2 is 1.68 bits per heavy atom. The zero-order valence-electron chi connectivity index (χ0n) is 15.7. The molecule has 2 unspecified atom stereocenters. The van der Waals surface area contributed by atoms with Crippen molar-refractivity contribution >= 4 is 30.4 Å². The number of hydrogen-bond donors (Lipinski definition) is 5. The summed E-state index contributed by atoms with van der Waals surface area (Å²) in [5.41, 5.74) is 0.758. The lowest BCUT2D eigenvalue weighted by atomic mass is 9.98. The second-order valence-electron chi connectivity index (χ2n) is 7.10. The maximum Gasteiger partial charge on any atom is 0.401 e. The molecule has 0 aliphatic rings. The first-order chi connectivity index (χ1) is 13.1. The van der Waals surface area contributed by atoms with E-state index in [0.717, 1.165) is 16.3 Å². The summed E-state index contributed by atoms with van der Waals surface area (Å²) in [6.45, 7) is 3.60. The normalized spacial score (nSPS) is 14.0. The number of carboxylic acids is 1. The molecule has 0 radical (unpaired) electrons. The summed E-state index contributed by atoms with van der Waals surface area (Å²) in [4.78, 5) is 42.6. The molecule has 28 heavy (non-hydrogen) atoms. The molecular weight excluding hydrogens is 383 g/mol. The number of benzene rings is 2. The van der Waals surface area contributed by atoms with Gasteiger partial charge in [-0.2, -0.15) is 0 Å². The molecule has 1 amide bonds. The summed E-state index contributed by atoms with van der Waals surface area (Å²) in [7, 11) is -4.66. The van der Waals surface area contributed by atoms with E-state index in [4.69, 9.17) is 9.79 Å². The second kappa shape index (κ2) is 9.30. The van der Waals surface area contributed by atoms with Gasteiger partial charge < -0.3 is 20.2 Å². The van der Waals surface area contributed by atoms with Crippen molar-refractivity contribution in [3.05, 3.63) is 48.0 Å². The predicted molar refractivity (Wildman–Crippen MR) is 106 cm³/mol. The molecule has 0 spiro atoms. The summed E-state index contributed by atoms with van der Waals surface area (Å²) < 4.78 is 11.3. The van der Waals surface area contributed by atoms with E-state index in [1.807, 2.05) is 41.5 Å². The molecule has 9 heteroatoms. The zero-order valence-corrected chi connectivity index (χ0v) is 16.6. The van der Waals surface area contributed by atoms with Crippen LogP contribution in [-0.4, -0.2) is 38.9 Å². The van der Waals surface area contributed by atoms with Gasteiger partial charge in [0.15, 0.2) is 0 Å². The van der Waals surface area contributed by atoms with Crippen molar-refractivity contribution in [1.29, 1.82) is 0 Å². The number of carbonyl (C=O) groups is 2. The molecule has 0 saturated carbocycles. The molecule has 0 aliphatic heterocycles. The lowest BCUT2D eigenvalue weighted by Crippen LogP contribution is -2.50. The fourth-order valence-corrected chi connectivity index (χ4v) is 3.68. The van der Waals surface area contributed by atoms with Crippen LogP contribution >= 0.6 is 7.75 Å². The van der Waals surface area contributed by atoms with Gasteiger partial charge in [0.2, 0.25) is 5.91 Å². The number of amides is 1. The second-order valence-corrected chi connectivity index (χ2v) is 8.44. The van der Waals surface area contributed by atoms with Crippen molar-refractivity contribution < 1.29 is 29.0 Å². The van der Waals surface area contributed by atoms with Gasteiger partial charge >= 0.3 is 13.7 Å². The van der Waals surface area contributed by atoms with E-state index in [9.17, 15) is 19.3 Å². The summed E-state index contributed by atoms with van der Waals surface area (Å²) in [5.74, 6) is -2.01. The Kier molecular flexibility index (Phi) is 7.32. The average molecular weight is 408 g/mol. The molecule has 0 saturated heterocycles. The highest BCUT2D eigenvalue weighted by molar-refractivity contribution is 7.49. The third kappa shape index (κ3) is 6.42. The standard InChI is InChI=1S/C19H25N2O6P/c1-12(2)10-16(21-28(25,26)27)18(22)20-17(19(23)24)11-14-8-5-7-13-6-3-4-9-15(13)14/h3-9,12,16-17H,10-11H2,1-2H3,(H,20,22)(H,23,24)(H3,21,25,26,27). The highest BCUT2D eigenvalue weighted by atomic mass is 31.2. The molecule has 0 aromatic heterocycles. The van der Waals surface area contributed by atoms with Crippen LogP contribution in [0, 0.1) is 5.92 Å². The van der Waals surface area contributed by atoms with Gasteiger partial charge in [0.05, 0.1) is 6.04 Å². The van der Waals surface area contributed by atoms with Gasteiger partial charge in [0, 0.05) is 6.42 Å². The van der Waals surface area contributed by atoms with Crippen molar-refractivity contribution in [2.45, 2.75) is 38.8 Å². The smallest absolute Gasteiger partial charge is 0.401 e. The Morgan fingerprint density at radius 3 is 2.29 bits per heavy atom. The monoisotopic (exact) mass is 408 g/mol. The molecule has 0 fully saturated rings. The molecular formula is C19H25N2O6P. The van der Waals surface area contributed by atoms with Crippen molar-refractivity contribution in [1.82, 2.24) is 10.4 Å². The number of hydrogen-bond acceptors (Lipinski definition) is 3. The van der Waals surface area contributed by atoms with Gasteiger partial charge in [-0.15, -0.1) is 0 Å². The van der Waals surface area contributed by atoms with E-state index in [0.29, 0.717) is 0 Å². The first kappa shape index (κ1) is 22.0. The molecule has 8 nitrogen and oxygen atoms in total. The third-order valence-electron chi connectivity index (χ3n) is 4.27. The van der Waals surface area contributed by atoms with Crippen molar-refractivity contribution in [3.63, 3.8) is 0 Å². The van der Waals surface area contributed by atoms with Crippen LogP contribution in [0.5, 0.6) is 0 Å². The van der Waals surface area contributed by atoms with E-state index < -0.39 is 31.7 Å². The first-order valence-electron chi connectivity index (χ1n) is 8.90. The van der Waals surface area contributed by atoms with Crippen molar-refractivity contribution in [2.75, 3.05) is 0 Å². The van der Waals surface area contributed by atoms with Crippen LogP contribution in [0.4, 0.5) is 0 Å². The van der Waals surface area contributed by atoms with Gasteiger partial charge in [-0.1, -0.05) is 56.3 Å². The summed E-state index contributed by atoms with van der Waals surface area (Å²) >= 11 is 0. The Morgan fingerprint density at radius 1 is 1.04 bits per heavy atom. The molecule has 0 heterocycles. The number of fused-ring (bicyclic) bond motifs is 1. The van der Waals surface area contributed by atoms with Crippen LogP contribution in [0.2, 0.25) is 0 Å². The van der Waals surface area contributed by atoms with Gasteiger partial charge in [-0.3, -0.25) is 4.79 Å². The van der Waals surface area contributed by atoms with E-state index in [1.54, 1.807) is 19.9 Å². The van der Waals surface area contributed by atoms with Gasteiger partial charge in [-0.25, -0.2) is 14.4 Å². The molecule has 2 rings (SSSR count). The highest BCUT2D eigenvalue weighted by Gasteiger charge is 2.30. The summed E-state index contributed by atoms with van der Waals surface area (Å²) in [5, 5.41) is 15.8. The molecule has 2 aromatic rings. The maximum absolute atomic E-state index is 12.5. The van der Waals surface area contributed by atoms with Gasteiger partial charge in [0.25, 0.3) is 0 Å². The van der Waals surface area contributed by atoms with Gasteiger partial charge in [0.1, 0.15) is 6.04 Å². The van der Waals surface area contributed by atoms with E-state index in [1.165, 1.54) is 0 Å². The molecule has 0 aliphatic carbocycles. The SMILES string of the molecule is CC(C)CC(NP(=O)(O)O)C(=O)NC(Cc1cccc2ccccc12)C(=O)O. The maximum atomic E-state index is 12.5. The molecule has 5 N–H and O–H groups in total. The van der Waals surface area contributed by atoms with E-state index in [2.05, 4.69) is 5.32 Å². The quantitative estimate of drug-likeness (QED) is 0.401. The highest BCUT2D eigenvalue weighted by Crippen LogP contribution is 2.30. The van der Waals surface area contributed by atoms with Crippen LogP contribution in [0.1, 0.15) is 25.8 Å². The number of nitrogens with one attached hydrogen (secondary N) is 2. The number of aliphatic carboxylic acids is 1. The average Bonchev–Trinajstić information content (AvgIpc) is 2.59. The Hall–Kier alpha value is -2.25. The van der Waals surface area contributed by atoms with Crippen LogP contribution in [0.3, 0.4) is 0 Å². The van der Waals surface area contributed by atoms with Crippen LogP contribution in [-0.2, 0) is 20.6 Å². The van der Waals surface area contributed by atoms with Crippen molar-refractivity contribution in [3.8, 4) is 0 Å². The zero-order chi connectivity index (χ0) is 20.9. The van der Waals surface area contributed by atoms with E-state index in [-0.39, 0.29) is 18.8 Å². The molecule has 2 aromatic carbocycles. The minimum Gasteiger partial charge on any atom is -0.480 e.